The van der Waals surface area contributed by atoms with Gasteiger partial charge in [0.05, 0.1) is 12.3 Å². The lowest BCUT2D eigenvalue weighted by Crippen LogP contribution is -2.18. The molecule has 0 unspecified atom stereocenters. The summed E-state index contributed by atoms with van der Waals surface area (Å²) < 4.78 is 5.41. The Balaban J connectivity index is 3.22. The van der Waals surface area contributed by atoms with Crippen LogP contribution in [0.1, 0.15) is 20.3 Å². The highest BCUT2D eigenvalue weighted by molar-refractivity contribution is 6.14. The van der Waals surface area contributed by atoms with Crippen LogP contribution in [0, 0.1) is 0 Å². The van der Waals surface area contributed by atoms with Crippen LogP contribution in [0.4, 0.5) is 0 Å². The smallest absolute Gasteiger partial charge is 0.211 e. The van der Waals surface area contributed by atoms with Gasteiger partial charge in [-0.25, -0.2) is 0 Å². The Morgan fingerprint density at radius 1 is 1.50 bits per heavy atom. The molecule has 22 heavy (non-hydrogen) atoms. The SMILES string of the molecule is CN=C(C1=C(NC=O)CC=C(OCCO)C=C1)/C(C)=C(\C)N. The van der Waals surface area contributed by atoms with Gasteiger partial charge in [0.1, 0.15) is 12.4 Å². The van der Waals surface area contributed by atoms with Crippen LogP contribution in [0.25, 0.3) is 0 Å². The van der Waals surface area contributed by atoms with Gasteiger partial charge in [0.2, 0.25) is 6.41 Å². The molecule has 4 N–H and O–H groups in total. The summed E-state index contributed by atoms with van der Waals surface area (Å²) in [5, 5.41) is 11.5. The fourth-order valence-corrected chi connectivity index (χ4v) is 2.02. The second-order valence-electron chi connectivity index (χ2n) is 4.75. The van der Waals surface area contributed by atoms with Gasteiger partial charge >= 0.3 is 0 Å². The molecule has 0 aromatic rings. The van der Waals surface area contributed by atoms with E-state index in [0.717, 1.165) is 22.6 Å². The molecule has 0 fully saturated rings. The van der Waals surface area contributed by atoms with Crippen LogP contribution < -0.4 is 11.1 Å². The molecule has 0 aliphatic heterocycles. The van der Waals surface area contributed by atoms with E-state index in [-0.39, 0.29) is 13.2 Å². The van der Waals surface area contributed by atoms with Gasteiger partial charge in [-0.1, -0.05) is 0 Å². The Morgan fingerprint density at radius 2 is 2.23 bits per heavy atom. The Kier molecular flexibility index (Phi) is 7.12. The Morgan fingerprint density at radius 3 is 2.77 bits per heavy atom. The Labute approximate surface area is 130 Å². The number of ether oxygens (including phenoxy) is 1. The molecule has 0 radical (unpaired) electrons. The molecule has 0 aromatic carbocycles. The first-order valence-electron chi connectivity index (χ1n) is 7.00. The molecule has 0 saturated carbocycles. The van der Waals surface area contributed by atoms with E-state index in [1.807, 2.05) is 26.0 Å². The van der Waals surface area contributed by atoms with Gasteiger partial charge < -0.3 is 20.9 Å². The summed E-state index contributed by atoms with van der Waals surface area (Å²) >= 11 is 0. The highest BCUT2D eigenvalue weighted by Gasteiger charge is 2.15. The fourth-order valence-electron chi connectivity index (χ4n) is 2.02. The Hall–Kier alpha value is -2.34. The highest BCUT2D eigenvalue weighted by atomic mass is 16.5. The van der Waals surface area contributed by atoms with Crippen molar-refractivity contribution in [1.82, 2.24) is 5.32 Å². The number of hydrogen-bond acceptors (Lipinski definition) is 5. The summed E-state index contributed by atoms with van der Waals surface area (Å²) in [6.45, 7) is 3.86. The lowest BCUT2D eigenvalue weighted by Gasteiger charge is -2.13. The molecule has 0 bridgehead atoms. The zero-order valence-corrected chi connectivity index (χ0v) is 13.2. The number of hydrogen-bond donors (Lipinski definition) is 3. The molecule has 1 rings (SSSR count). The van der Waals surface area contributed by atoms with Gasteiger partial charge in [-0.15, -0.1) is 0 Å². The molecule has 1 aliphatic carbocycles. The number of nitrogens with zero attached hydrogens (tertiary/aromatic N) is 1. The van der Waals surface area contributed by atoms with E-state index < -0.39 is 0 Å². The second-order valence-corrected chi connectivity index (χ2v) is 4.75. The lowest BCUT2D eigenvalue weighted by atomic mass is 9.99. The molecule has 120 valence electrons. The van der Waals surface area contributed by atoms with Crippen LogP contribution in [0.5, 0.6) is 0 Å². The third-order valence-corrected chi connectivity index (χ3v) is 3.27. The number of aliphatic hydroxyl groups excluding tert-OH is 1. The fraction of sp³-hybridized carbons (Fsp3) is 0.375. The van der Waals surface area contributed by atoms with Crippen LogP contribution in [0.2, 0.25) is 0 Å². The maximum absolute atomic E-state index is 10.9. The van der Waals surface area contributed by atoms with Crippen molar-refractivity contribution in [3.05, 3.63) is 46.5 Å². The predicted octanol–water partition coefficient (Wildman–Crippen LogP) is 1.16. The second kappa shape index (κ2) is 8.84. The quantitative estimate of drug-likeness (QED) is 0.486. The normalized spacial score (nSPS) is 16.7. The van der Waals surface area contributed by atoms with Crippen molar-refractivity contribution in [3.63, 3.8) is 0 Å². The van der Waals surface area contributed by atoms with Gasteiger partial charge in [-0.2, -0.15) is 0 Å². The molecule has 1 aliphatic rings. The lowest BCUT2D eigenvalue weighted by molar-refractivity contribution is -0.108. The molecular weight excluding hydrogens is 282 g/mol. The third-order valence-electron chi connectivity index (χ3n) is 3.27. The standard InChI is InChI=1S/C16H23N3O3/c1-11(12(2)17)16(18-3)14-6-4-13(22-9-8-20)5-7-15(14)19-10-21/h4-6,10,20H,7-9,17H2,1-3H3,(H,19,21)/b12-11+,18-16?. The minimum Gasteiger partial charge on any atom is -0.492 e. The first kappa shape index (κ1) is 17.7. The topological polar surface area (TPSA) is 96.9 Å². The molecule has 6 heteroatoms. The van der Waals surface area contributed by atoms with Crippen molar-refractivity contribution in [2.24, 2.45) is 10.7 Å². The molecule has 0 atom stereocenters. The van der Waals surface area contributed by atoms with Crippen molar-refractivity contribution in [3.8, 4) is 0 Å². The summed E-state index contributed by atoms with van der Waals surface area (Å²) in [5.74, 6) is 0.635. The van der Waals surface area contributed by atoms with Crippen molar-refractivity contribution in [2.75, 3.05) is 20.3 Å². The number of carbonyl (C=O) groups excluding carboxylic acids is 1. The van der Waals surface area contributed by atoms with E-state index in [1.165, 1.54) is 0 Å². The molecule has 1 amide bonds. The number of aliphatic hydroxyl groups is 1. The van der Waals surface area contributed by atoms with E-state index in [2.05, 4.69) is 10.3 Å². The average Bonchev–Trinajstić information content (AvgIpc) is 2.69. The molecule has 6 nitrogen and oxygen atoms in total. The largest absolute Gasteiger partial charge is 0.492 e. The van der Waals surface area contributed by atoms with Gasteiger partial charge in [0.15, 0.2) is 0 Å². The van der Waals surface area contributed by atoms with E-state index in [0.29, 0.717) is 24.3 Å². The summed E-state index contributed by atoms with van der Waals surface area (Å²) in [7, 11) is 1.68. The van der Waals surface area contributed by atoms with E-state index in [9.17, 15) is 4.79 Å². The molecule has 0 heterocycles. The van der Waals surface area contributed by atoms with Crippen molar-refractivity contribution in [1.29, 1.82) is 0 Å². The number of carbonyl (C=O) groups is 1. The number of nitrogens with one attached hydrogen (secondary N) is 1. The number of nitrogens with two attached hydrogens (primary N) is 1. The number of rotatable bonds is 7. The van der Waals surface area contributed by atoms with Crippen LogP contribution in [0.15, 0.2) is 51.5 Å². The molecule has 0 aromatic heterocycles. The zero-order valence-electron chi connectivity index (χ0n) is 13.2. The number of allylic oxidation sites excluding steroid dienone is 6. The maximum Gasteiger partial charge on any atom is 0.211 e. The minimum atomic E-state index is -0.0548. The third kappa shape index (κ3) is 4.60. The summed E-state index contributed by atoms with van der Waals surface area (Å²) in [4.78, 5) is 15.2. The summed E-state index contributed by atoms with van der Waals surface area (Å²) in [6, 6.07) is 0. The first-order valence-corrected chi connectivity index (χ1v) is 7.00. The zero-order chi connectivity index (χ0) is 16.5. The van der Waals surface area contributed by atoms with E-state index in [4.69, 9.17) is 15.6 Å². The van der Waals surface area contributed by atoms with Crippen LogP contribution in [0.3, 0.4) is 0 Å². The van der Waals surface area contributed by atoms with Crippen LogP contribution in [-0.2, 0) is 9.53 Å². The monoisotopic (exact) mass is 305 g/mol. The first-order chi connectivity index (χ1) is 10.5. The van der Waals surface area contributed by atoms with Crippen molar-refractivity contribution in [2.45, 2.75) is 20.3 Å². The molecule has 0 spiro atoms. The van der Waals surface area contributed by atoms with Crippen LogP contribution >= 0.6 is 0 Å². The predicted molar refractivity (Wildman–Crippen MR) is 87.0 cm³/mol. The average molecular weight is 305 g/mol. The van der Waals surface area contributed by atoms with Gasteiger partial charge in [-0.3, -0.25) is 9.79 Å². The van der Waals surface area contributed by atoms with Crippen LogP contribution in [-0.4, -0.2) is 37.5 Å². The molecule has 0 saturated heterocycles. The van der Waals surface area contributed by atoms with E-state index >= 15 is 0 Å². The van der Waals surface area contributed by atoms with Gasteiger partial charge in [0, 0.05) is 30.4 Å². The minimum absolute atomic E-state index is 0.0548. The summed E-state index contributed by atoms with van der Waals surface area (Å²) in [5.41, 5.74) is 9.61. The molecular formula is C16H23N3O3. The Bertz CT molecular complexity index is 565. The van der Waals surface area contributed by atoms with Crippen molar-refractivity contribution < 1.29 is 14.6 Å². The van der Waals surface area contributed by atoms with Gasteiger partial charge in [0.25, 0.3) is 0 Å². The summed E-state index contributed by atoms with van der Waals surface area (Å²) in [6.07, 6.45) is 6.58. The number of amides is 1. The van der Waals surface area contributed by atoms with Gasteiger partial charge in [-0.05, 0) is 37.6 Å². The maximum atomic E-state index is 10.9. The highest BCUT2D eigenvalue weighted by Crippen LogP contribution is 2.21. The van der Waals surface area contributed by atoms with E-state index in [1.54, 1.807) is 13.1 Å². The number of aliphatic imine (C=N–C) groups is 1. The van der Waals surface area contributed by atoms with Crippen molar-refractivity contribution >= 4 is 12.1 Å².